The number of sulfonamides is 1. The fourth-order valence-corrected chi connectivity index (χ4v) is 5.64. The highest BCUT2D eigenvalue weighted by Crippen LogP contribution is 2.26. The van der Waals surface area contributed by atoms with E-state index in [2.05, 4.69) is 13.8 Å². The zero-order valence-electron chi connectivity index (χ0n) is 15.3. The number of hydrogen-bond donors (Lipinski definition) is 2. The van der Waals surface area contributed by atoms with Gasteiger partial charge in [0.25, 0.3) is 0 Å². The van der Waals surface area contributed by atoms with E-state index in [4.69, 9.17) is 15.6 Å². The van der Waals surface area contributed by atoms with Crippen molar-refractivity contribution in [3.8, 4) is 0 Å². The third-order valence-electron chi connectivity index (χ3n) is 4.54. The maximum absolute atomic E-state index is 12.9. The molecule has 2 unspecified atom stereocenters. The smallest absolute Gasteiger partial charge is 0.243 e. The number of thiophene rings is 1. The van der Waals surface area contributed by atoms with Crippen LogP contribution in [0.5, 0.6) is 0 Å². The van der Waals surface area contributed by atoms with Crippen LogP contribution in [-0.4, -0.2) is 37.6 Å². The number of benzene rings is 1. The molecule has 1 aromatic carbocycles. The molecule has 2 atom stereocenters. The molecule has 1 fully saturated rings. The first-order valence-corrected chi connectivity index (χ1v) is 11.1. The van der Waals surface area contributed by atoms with Gasteiger partial charge >= 0.3 is 0 Å². The van der Waals surface area contributed by atoms with E-state index in [1.807, 2.05) is 11.4 Å². The van der Waals surface area contributed by atoms with Crippen LogP contribution in [0.4, 0.5) is 0 Å². The summed E-state index contributed by atoms with van der Waals surface area (Å²) < 4.78 is 32.6. The zero-order valence-corrected chi connectivity index (χ0v) is 16.9. The Morgan fingerprint density at radius 2 is 1.70 bits per heavy atom. The number of rotatable bonds is 4. The van der Waals surface area contributed by atoms with Crippen molar-refractivity contribution in [1.82, 2.24) is 4.31 Å². The Hall–Kier alpha value is -2.03. The van der Waals surface area contributed by atoms with E-state index in [1.165, 1.54) is 23.5 Å². The largest absolute Gasteiger partial charge is 0.420 e. The lowest BCUT2D eigenvalue weighted by Crippen LogP contribution is -2.42. The van der Waals surface area contributed by atoms with Crippen LogP contribution in [0.15, 0.2) is 46.7 Å². The van der Waals surface area contributed by atoms with Crippen molar-refractivity contribution in [2.75, 3.05) is 13.1 Å². The third-order valence-corrected chi connectivity index (χ3v) is 7.25. The molecule has 1 aliphatic rings. The van der Waals surface area contributed by atoms with Gasteiger partial charge in [-0.1, -0.05) is 19.9 Å². The van der Waals surface area contributed by atoms with Gasteiger partial charge in [0.15, 0.2) is 0 Å². The Balaban J connectivity index is 1.72. The topological polar surface area (TPSA) is 94.3 Å². The zero-order chi connectivity index (χ0) is 19.6. The van der Waals surface area contributed by atoms with Gasteiger partial charge in [0, 0.05) is 18.7 Å². The lowest BCUT2D eigenvalue weighted by Gasteiger charge is -2.34. The van der Waals surface area contributed by atoms with Gasteiger partial charge in [-0.2, -0.15) is 4.31 Å². The van der Waals surface area contributed by atoms with Crippen molar-refractivity contribution in [2.45, 2.75) is 25.2 Å². The minimum absolute atomic E-state index is 0.0945. The van der Waals surface area contributed by atoms with Crippen LogP contribution in [0.3, 0.4) is 0 Å². The summed E-state index contributed by atoms with van der Waals surface area (Å²) in [6, 6.07) is 9.66. The molecule has 8 heteroatoms. The van der Waals surface area contributed by atoms with Crippen LogP contribution in [0, 0.1) is 22.7 Å². The summed E-state index contributed by atoms with van der Waals surface area (Å²) in [5.74, 6) is 0.404. The Morgan fingerprint density at radius 1 is 1.07 bits per heavy atom. The average Bonchev–Trinajstić information content (AvgIpc) is 3.16. The molecular formula is C19H23N3O3S2. The van der Waals surface area contributed by atoms with Crippen molar-refractivity contribution in [1.29, 1.82) is 10.8 Å². The molecule has 0 bridgehead atoms. The highest BCUT2D eigenvalue weighted by Gasteiger charge is 2.31. The van der Waals surface area contributed by atoms with Crippen LogP contribution in [0.2, 0.25) is 0 Å². The van der Waals surface area contributed by atoms with E-state index in [-0.39, 0.29) is 16.7 Å². The molecule has 2 N–H and O–H groups in total. The molecule has 6 nitrogen and oxygen atoms in total. The van der Waals surface area contributed by atoms with Crippen LogP contribution >= 0.6 is 11.3 Å². The number of hydrogen-bond acceptors (Lipinski definition) is 6. The first kappa shape index (κ1) is 19.7. The van der Waals surface area contributed by atoms with Crippen molar-refractivity contribution in [3.63, 3.8) is 0 Å². The summed E-state index contributed by atoms with van der Waals surface area (Å²) in [6.07, 6.45) is 1.04. The molecule has 3 rings (SSSR count). The Kier molecular flexibility index (Phi) is 5.78. The summed E-state index contributed by atoms with van der Waals surface area (Å²) in [5.41, 5.74) is 0.427. The molecule has 0 aliphatic carbocycles. The minimum atomic E-state index is -3.55. The second-order valence-corrected chi connectivity index (χ2v) is 9.92. The van der Waals surface area contributed by atoms with Crippen molar-refractivity contribution < 1.29 is 13.2 Å². The fraction of sp³-hybridized carbons (Fsp3) is 0.368. The number of piperidine rings is 1. The Morgan fingerprint density at radius 3 is 2.26 bits per heavy atom. The molecule has 2 heterocycles. The van der Waals surface area contributed by atoms with E-state index >= 15 is 0 Å². The van der Waals surface area contributed by atoms with Gasteiger partial charge in [-0.3, -0.25) is 10.8 Å². The van der Waals surface area contributed by atoms with Gasteiger partial charge in [-0.05, 0) is 54.0 Å². The highest BCUT2D eigenvalue weighted by molar-refractivity contribution is 7.89. The van der Waals surface area contributed by atoms with Gasteiger partial charge in [0.1, 0.15) is 0 Å². The highest BCUT2D eigenvalue weighted by atomic mass is 32.2. The number of nitrogens with zero attached hydrogens (tertiary/aromatic N) is 1. The summed E-state index contributed by atoms with van der Waals surface area (Å²) >= 11 is 1.36. The van der Waals surface area contributed by atoms with Gasteiger partial charge in [0.05, 0.1) is 9.77 Å². The Bertz CT molecular complexity index is 912. The average molecular weight is 406 g/mol. The van der Waals surface area contributed by atoms with Crippen LogP contribution in [0.1, 0.15) is 30.7 Å². The molecule has 1 aromatic heterocycles. The van der Waals surface area contributed by atoms with Crippen molar-refractivity contribution in [3.05, 3.63) is 52.2 Å². The molecule has 144 valence electrons. The molecule has 0 radical (unpaired) electrons. The number of ether oxygens (including phenoxy) is 1. The minimum Gasteiger partial charge on any atom is -0.420 e. The van der Waals surface area contributed by atoms with Crippen LogP contribution in [0.25, 0.3) is 0 Å². The second kappa shape index (κ2) is 7.92. The van der Waals surface area contributed by atoms with Crippen LogP contribution < -0.4 is 0 Å². The predicted molar refractivity (Wildman–Crippen MR) is 107 cm³/mol. The molecule has 1 saturated heterocycles. The quantitative estimate of drug-likeness (QED) is 0.599. The Labute approximate surface area is 163 Å². The third kappa shape index (κ3) is 4.45. The fourth-order valence-electron chi connectivity index (χ4n) is 3.35. The van der Waals surface area contributed by atoms with E-state index in [0.29, 0.717) is 35.4 Å². The summed E-state index contributed by atoms with van der Waals surface area (Å²) in [4.78, 5) is 0.848. The first-order chi connectivity index (χ1) is 12.8. The lowest BCUT2D eigenvalue weighted by molar-refractivity contribution is 0.222. The number of nitrogens with one attached hydrogen (secondary N) is 2. The molecule has 0 spiro atoms. The summed E-state index contributed by atoms with van der Waals surface area (Å²) in [7, 11) is -3.55. The SMILES string of the molecule is CC1CC(C)CN(S(=O)(=O)c2ccc(C(=N)OC(=N)c3cccs3)cc2)C1. The summed E-state index contributed by atoms with van der Waals surface area (Å²) in [6.45, 7) is 5.21. The van der Waals surface area contributed by atoms with Crippen LogP contribution in [-0.2, 0) is 14.8 Å². The van der Waals surface area contributed by atoms with Gasteiger partial charge in [-0.15, -0.1) is 11.3 Å². The van der Waals surface area contributed by atoms with E-state index in [9.17, 15) is 8.42 Å². The molecule has 2 aromatic rings. The van der Waals surface area contributed by atoms with Crippen molar-refractivity contribution in [2.24, 2.45) is 11.8 Å². The van der Waals surface area contributed by atoms with Gasteiger partial charge in [0.2, 0.25) is 21.8 Å². The normalized spacial score (nSPS) is 21.0. The van der Waals surface area contributed by atoms with E-state index in [1.54, 1.807) is 22.5 Å². The lowest BCUT2D eigenvalue weighted by atomic mass is 9.94. The molecule has 1 aliphatic heterocycles. The predicted octanol–water partition coefficient (Wildman–Crippen LogP) is 3.78. The molecule has 0 amide bonds. The van der Waals surface area contributed by atoms with Gasteiger partial charge < -0.3 is 4.74 Å². The monoisotopic (exact) mass is 405 g/mol. The maximum atomic E-state index is 12.9. The first-order valence-electron chi connectivity index (χ1n) is 8.76. The second-order valence-electron chi connectivity index (χ2n) is 7.03. The molecular weight excluding hydrogens is 382 g/mol. The molecule has 0 saturated carbocycles. The van der Waals surface area contributed by atoms with E-state index < -0.39 is 10.0 Å². The standard InChI is InChI=1S/C19H23N3O3S2/c1-13-10-14(2)12-22(11-13)27(23,24)16-7-5-15(6-8-16)18(20)25-19(21)17-4-3-9-26-17/h3-9,13-14,20-21H,10-12H2,1-2H3. The van der Waals surface area contributed by atoms with Crippen molar-refractivity contribution >= 4 is 33.2 Å². The molecule has 27 heavy (non-hydrogen) atoms. The van der Waals surface area contributed by atoms with E-state index in [0.717, 1.165) is 6.42 Å². The summed E-state index contributed by atoms with van der Waals surface area (Å²) in [5, 5.41) is 17.7. The maximum Gasteiger partial charge on any atom is 0.243 e. The van der Waals surface area contributed by atoms with Gasteiger partial charge in [-0.25, -0.2) is 8.42 Å².